The van der Waals surface area contributed by atoms with E-state index in [1.54, 1.807) is 19.2 Å². The summed E-state index contributed by atoms with van der Waals surface area (Å²) >= 11 is 7.94. The smallest absolute Gasteiger partial charge is 0.262 e. The molecule has 0 atom stereocenters. The van der Waals surface area contributed by atoms with Crippen molar-refractivity contribution < 1.29 is 9.47 Å². The van der Waals surface area contributed by atoms with Crippen LogP contribution < -0.4 is 21.9 Å². The van der Waals surface area contributed by atoms with Gasteiger partial charge in [-0.1, -0.05) is 29.9 Å². The average molecular weight is 544 g/mol. The van der Waals surface area contributed by atoms with Gasteiger partial charge in [0, 0.05) is 31.7 Å². The van der Waals surface area contributed by atoms with Gasteiger partial charge in [-0.15, -0.1) is 0 Å². The van der Waals surface area contributed by atoms with Crippen LogP contribution in [-0.2, 0) is 16.0 Å². The number of rotatable bonds is 7. The molecule has 196 valence electrons. The molecule has 4 heterocycles. The van der Waals surface area contributed by atoms with Crippen molar-refractivity contribution in [3.8, 4) is 0 Å². The molecule has 1 aromatic carbocycles. The fourth-order valence-electron chi connectivity index (χ4n) is 4.89. The number of benzene rings is 1. The third-order valence-electron chi connectivity index (χ3n) is 7.12. The number of nitrogens with two attached hydrogens (primary N) is 2. The van der Waals surface area contributed by atoms with Crippen molar-refractivity contribution in [1.82, 2.24) is 19.5 Å². The second-order valence-electron chi connectivity index (χ2n) is 9.51. The summed E-state index contributed by atoms with van der Waals surface area (Å²) in [6.45, 7) is 7.98. The normalized spacial score (nSPS) is 17.1. The summed E-state index contributed by atoms with van der Waals surface area (Å²) in [6.07, 6.45) is 4.63. The molecule has 2 fully saturated rings. The zero-order valence-corrected chi connectivity index (χ0v) is 22.3. The highest BCUT2D eigenvalue weighted by Gasteiger charge is 2.39. The van der Waals surface area contributed by atoms with Crippen LogP contribution in [0.5, 0.6) is 0 Å². The summed E-state index contributed by atoms with van der Waals surface area (Å²) in [5, 5.41) is 1.05. The highest BCUT2D eigenvalue weighted by atomic mass is 35.5. The van der Waals surface area contributed by atoms with Crippen LogP contribution in [-0.4, -0.2) is 59.5 Å². The van der Waals surface area contributed by atoms with Crippen LogP contribution in [0.25, 0.3) is 16.6 Å². The Balaban J connectivity index is 1.45. The van der Waals surface area contributed by atoms with E-state index in [1.165, 1.54) is 22.7 Å². The van der Waals surface area contributed by atoms with Crippen LogP contribution in [0.15, 0.2) is 39.8 Å². The molecule has 10 nitrogen and oxygen atoms in total. The first-order valence-electron chi connectivity index (χ1n) is 12.1. The third-order valence-corrected chi connectivity index (χ3v) is 8.68. The molecule has 0 unspecified atom stereocenters. The van der Waals surface area contributed by atoms with E-state index in [0.717, 1.165) is 45.6 Å². The number of anilines is 2. The molecule has 3 aromatic rings. The van der Waals surface area contributed by atoms with Gasteiger partial charge in [0.15, 0.2) is 11.6 Å². The fourth-order valence-corrected chi connectivity index (χ4v) is 6.07. The van der Waals surface area contributed by atoms with E-state index >= 15 is 0 Å². The Bertz CT molecular complexity index is 1400. The molecular weight excluding hydrogens is 514 g/mol. The minimum absolute atomic E-state index is 0.240. The maximum atomic E-state index is 13.1. The molecular formula is C25H30ClN7O3S. The maximum Gasteiger partial charge on any atom is 0.262 e. The lowest BCUT2D eigenvalue weighted by atomic mass is 9.78. The number of halogens is 1. The molecule has 0 bridgehead atoms. The number of piperidine rings is 1. The lowest BCUT2D eigenvalue weighted by molar-refractivity contribution is 0.133. The van der Waals surface area contributed by atoms with Crippen molar-refractivity contribution in [2.45, 2.75) is 35.7 Å². The number of nitrogens with zero attached hydrogens (tertiary/aromatic N) is 5. The van der Waals surface area contributed by atoms with E-state index in [4.69, 9.17) is 42.5 Å². The first-order valence-corrected chi connectivity index (χ1v) is 13.3. The molecule has 0 saturated carbocycles. The molecule has 4 N–H and O–H groups in total. The van der Waals surface area contributed by atoms with Crippen molar-refractivity contribution in [2.75, 3.05) is 50.7 Å². The predicted octanol–water partition coefficient (Wildman–Crippen LogP) is 3.16. The number of hydrogen-bond acceptors (Lipinski definition) is 10. The van der Waals surface area contributed by atoms with Crippen LogP contribution in [0, 0.1) is 5.41 Å². The zero-order chi connectivity index (χ0) is 26.2. The van der Waals surface area contributed by atoms with Gasteiger partial charge < -0.3 is 25.8 Å². The quantitative estimate of drug-likeness (QED) is 0.457. The fraction of sp³-hybridized carbons (Fsp3) is 0.440. The maximum absolute atomic E-state index is 13.1. The van der Waals surface area contributed by atoms with Gasteiger partial charge in [-0.05, 0) is 36.8 Å². The molecule has 12 heteroatoms. The van der Waals surface area contributed by atoms with Crippen LogP contribution in [0.1, 0.15) is 25.0 Å². The number of methoxy groups -OCH3 is 1. The zero-order valence-electron chi connectivity index (χ0n) is 20.7. The van der Waals surface area contributed by atoms with Crippen molar-refractivity contribution in [3.63, 3.8) is 0 Å². The summed E-state index contributed by atoms with van der Waals surface area (Å²) in [5.74, 6) is 0.896. The van der Waals surface area contributed by atoms with E-state index in [1.807, 2.05) is 0 Å². The molecule has 0 amide bonds. The van der Waals surface area contributed by atoms with Gasteiger partial charge in [0.2, 0.25) is 0 Å². The Morgan fingerprint density at radius 1 is 1.30 bits per heavy atom. The topological polar surface area (TPSA) is 134 Å². The minimum atomic E-state index is -0.240. The molecule has 1 spiro atoms. The summed E-state index contributed by atoms with van der Waals surface area (Å²) in [5.41, 5.74) is 13.9. The van der Waals surface area contributed by atoms with Crippen molar-refractivity contribution >= 4 is 51.6 Å². The van der Waals surface area contributed by atoms with Gasteiger partial charge in [0.1, 0.15) is 10.7 Å². The monoisotopic (exact) mass is 543 g/mol. The van der Waals surface area contributed by atoms with Crippen molar-refractivity contribution in [3.05, 3.63) is 46.1 Å². The standard InChI is InChI=1S/C25H30ClN7O3S/c1-15(27)20-22(32-8-5-25(6-9-32)7-11-36-13-25)31-21(28)23(30-20)37-17-4-3-16-18(19(17)26)24(34)33(14-29-16)10-12-35-2/h3-4,14H,1,5-13,27H2,2H3,(H2,28,31). The number of fused-ring (bicyclic) bond motifs is 1. The van der Waals surface area contributed by atoms with E-state index < -0.39 is 0 Å². The largest absolute Gasteiger partial charge is 0.397 e. The second-order valence-corrected chi connectivity index (χ2v) is 10.9. The van der Waals surface area contributed by atoms with E-state index in [9.17, 15) is 4.79 Å². The SMILES string of the molecule is C=C(N)c1nc(Sc2ccc3ncn(CCOC)c(=O)c3c2Cl)c(N)nc1N1CCC2(CCOC2)CC1. The number of nitrogen functional groups attached to an aromatic ring is 1. The number of aromatic nitrogens is 4. The lowest BCUT2D eigenvalue weighted by Crippen LogP contribution is -2.41. The van der Waals surface area contributed by atoms with Crippen LogP contribution in [0.2, 0.25) is 5.02 Å². The van der Waals surface area contributed by atoms with Gasteiger partial charge >= 0.3 is 0 Å². The van der Waals surface area contributed by atoms with E-state index in [0.29, 0.717) is 51.2 Å². The third kappa shape index (κ3) is 5.00. The lowest BCUT2D eigenvalue weighted by Gasteiger charge is -2.39. The van der Waals surface area contributed by atoms with Gasteiger partial charge in [-0.2, -0.15) is 0 Å². The minimum Gasteiger partial charge on any atom is -0.397 e. The van der Waals surface area contributed by atoms with Gasteiger partial charge in [0.25, 0.3) is 5.56 Å². The van der Waals surface area contributed by atoms with Crippen LogP contribution in [0.3, 0.4) is 0 Å². The van der Waals surface area contributed by atoms with Crippen LogP contribution in [0.4, 0.5) is 11.6 Å². The summed E-state index contributed by atoms with van der Waals surface area (Å²) < 4.78 is 12.2. The molecule has 2 saturated heterocycles. The van der Waals surface area contributed by atoms with E-state index in [-0.39, 0.29) is 21.8 Å². The van der Waals surface area contributed by atoms with Gasteiger partial charge in [0.05, 0.1) is 47.7 Å². The molecule has 2 aliphatic rings. The Morgan fingerprint density at radius 3 is 2.76 bits per heavy atom. The molecule has 2 aromatic heterocycles. The summed E-state index contributed by atoms with van der Waals surface area (Å²) in [6, 6.07) is 3.55. The molecule has 0 aliphatic carbocycles. The molecule has 0 radical (unpaired) electrons. The molecule has 2 aliphatic heterocycles. The molecule has 37 heavy (non-hydrogen) atoms. The highest BCUT2D eigenvalue weighted by molar-refractivity contribution is 7.99. The average Bonchev–Trinajstić information content (AvgIpc) is 3.34. The second kappa shape index (κ2) is 10.5. The summed E-state index contributed by atoms with van der Waals surface area (Å²) in [7, 11) is 1.58. The predicted molar refractivity (Wildman–Crippen MR) is 146 cm³/mol. The Hall–Kier alpha value is -2.86. The van der Waals surface area contributed by atoms with Crippen molar-refractivity contribution in [2.24, 2.45) is 11.1 Å². The van der Waals surface area contributed by atoms with Gasteiger partial charge in [-0.25, -0.2) is 15.0 Å². The van der Waals surface area contributed by atoms with Crippen LogP contribution >= 0.6 is 23.4 Å². The Morgan fingerprint density at radius 2 is 2.08 bits per heavy atom. The highest BCUT2D eigenvalue weighted by Crippen LogP contribution is 2.42. The first-order chi connectivity index (χ1) is 17.8. The Labute approximate surface area is 224 Å². The molecule has 5 rings (SSSR count). The first kappa shape index (κ1) is 25.8. The number of hydrogen-bond donors (Lipinski definition) is 2. The Kier molecular flexibility index (Phi) is 7.30. The van der Waals surface area contributed by atoms with Crippen molar-refractivity contribution in [1.29, 1.82) is 0 Å². The summed E-state index contributed by atoms with van der Waals surface area (Å²) in [4.78, 5) is 29.7. The van der Waals surface area contributed by atoms with Gasteiger partial charge in [-0.3, -0.25) is 9.36 Å². The van der Waals surface area contributed by atoms with E-state index in [2.05, 4.69) is 16.5 Å². The number of ether oxygens (including phenoxy) is 2.